The molecule has 0 unspecified atom stereocenters. The lowest BCUT2D eigenvalue weighted by Gasteiger charge is -2.09. The quantitative estimate of drug-likeness (QED) is 0.579. The zero-order valence-electron chi connectivity index (χ0n) is 5.41. The molecule has 0 amide bonds. The van der Waals surface area contributed by atoms with Gasteiger partial charge in [-0.3, -0.25) is 0 Å². The second kappa shape index (κ2) is 2.14. The molecule has 1 N–H and O–H groups in total. The number of hydrogen-bond donors (Lipinski definition) is 1. The largest absolute Gasteiger partial charge is 0.361 e. The topological polar surface area (TPSA) is 24.9 Å². The van der Waals surface area contributed by atoms with Crippen molar-refractivity contribution in [2.45, 2.75) is 0 Å². The summed E-state index contributed by atoms with van der Waals surface area (Å²) in [6.45, 7) is 1.87. The van der Waals surface area contributed by atoms with Crippen molar-refractivity contribution in [2.24, 2.45) is 0 Å². The van der Waals surface area contributed by atoms with Crippen molar-refractivity contribution in [3.05, 3.63) is 36.5 Å². The van der Waals surface area contributed by atoms with Crippen LogP contribution in [0.5, 0.6) is 0 Å². The molecule has 49 valence electrons. The third-order valence-corrected chi connectivity index (χ3v) is 1.43. The zero-order valence-corrected chi connectivity index (χ0v) is 5.41. The molecule has 2 heteroatoms. The summed E-state index contributed by atoms with van der Waals surface area (Å²) in [7, 11) is 0. The van der Waals surface area contributed by atoms with Crippen molar-refractivity contribution in [3.8, 4) is 0 Å². The molecule has 2 heterocycles. The van der Waals surface area contributed by atoms with Crippen LogP contribution in [0.2, 0.25) is 0 Å². The summed E-state index contributed by atoms with van der Waals surface area (Å²) in [5.41, 5.74) is 1.14. The molecule has 1 aromatic rings. The minimum Gasteiger partial charge on any atom is -0.361 e. The smallest absolute Gasteiger partial charge is 0.133 e. The number of nitrogens with one attached hydrogen (secondary N) is 1. The van der Waals surface area contributed by atoms with E-state index in [1.165, 1.54) is 0 Å². The molecule has 0 atom stereocenters. The molecule has 10 heavy (non-hydrogen) atoms. The van der Waals surface area contributed by atoms with Crippen LogP contribution in [-0.2, 0) is 0 Å². The van der Waals surface area contributed by atoms with Crippen LogP contribution < -0.4 is 5.32 Å². The maximum Gasteiger partial charge on any atom is 0.133 e. The third-order valence-electron chi connectivity index (χ3n) is 1.43. The number of nitrogens with zero attached hydrogens (tertiary/aromatic N) is 1. The molecule has 1 aliphatic heterocycles. The summed E-state index contributed by atoms with van der Waals surface area (Å²) in [5, 5.41) is 3.04. The first-order valence-electron chi connectivity index (χ1n) is 3.18. The molecule has 0 saturated heterocycles. The Balaban J connectivity index is 2.54. The van der Waals surface area contributed by atoms with E-state index in [-0.39, 0.29) is 0 Å². The lowest BCUT2D eigenvalue weighted by atomic mass is 10.2. The van der Waals surface area contributed by atoms with Gasteiger partial charge >= 0.3 is 0 Å². The van der Waals surface area contributed by atoms with Crippen molar-refractivity contribution in [1.29, 1.82) is 0 Å². The Morgan fingerprint density at radius 3 is 3.30 bits per heavy atom. The van der Waals surface area contributed by atoms with E-state index in [2.05, 4.69) is 10.3 Å². The number of fused-ring (bicyclic) bond motifs is 1. The fraction of sp³-hybridized carbons (Fsp3) is 0. The van der Waals surface area contributed by atoms with E-state index in [0.717, 1.165) is 11.4 Å². The molecule has 0 bridgehead atoms. The Kier molecular flexibility index (Phi) is 1.17. The Hall–Kier alpha value is -1.31. The lowest BCUT2D eigenvalue weighted by Crippen LogP contribution is -2.00. The first-order valence-corrected chi connectivity index (χ1v) is 3.18. The van der Waals surface area contributed by atoms with E-state index in [1.807, 2.05) is 30.8 Å². The summed E-state index contributed by atoms with van der Waals surface area (Å²) < 4.78 is 0. The van der Waals surface area contributed by atoms with E-state index in [9.17, 15) is 0 Å². The number of aromatic nitrogens is 1. The standard InChI is InChI=1S/C8H7N2/c1-3-7-4-2-6-10-8(7)9-5-1/h1-6H,(H,9,10). The van der Waals surface area contributed by atoms with Gasteiger partial charge in [-0.05, 0) is 12.1 Å². The normalized spacial score (nSPS) is 14.0. The van der Waals surface area contributed by atoms with E-state index in [4.69, 9.17) is 0 Å². The molecule has 0 fully saturated rings. The van der Waals surface area contributed by atoms with Crippen molar-refractivity contribution < 1.29 is 0 Å². The van der Waals surface area contributed by atoms with Crippen LogP contribution in [-0.4, -0.2) is 4.98 Å². The number of pyridine rings is 1. The van der Waals surface area contributed by atoms with E-state index in [0.29, 0.717) is 0 Å². The van der Waals surface area contributed by atoms with Crippen LogP contribution in [0.15, 0.2) is 24.4 Å². The van der Waals surface area contributed by atoms with E-state index >= 15 is 0 Å². The highest BCUT2D eigenvalue weighted by Crippen LogP contribution is 2.17. The lowest BCUT2D eigenvalue weighted by molar-refractivity contribution is 1.26. The maximum atomic E-state index is 4.13. The molecular weight excluding hydrogens is 124 g/mol. The van der Waals surface area contributed by atoms with Gasteiger partial charge in [0.15, 0.2) is 0 Å². The second-order valence-corrected chi connectivity index (χ2v) is 2.11. The molecule has 1 aliphatic rings. The molecule has 0 aromatic carbocycles. The van der Waals surface area contributed by atoms with Gasteiger partial charge in [0.2, 0.25) is 0 Å². The van der Waals surface area contributed by atoms with Gasteiger partial charge in [0, 0.05) is 11.8 Å². The fourth-order valence-corrected chi connectivity index (χ4v) is 0.952. The van der Waals surface area contributed by atoms with Gasteiger partial charge in [-0.1, -0.05) is 12.2 Å². The van der Waals surface area contributed by atoms with Crippen LogP contribution in [0.3, 0.4) is 0 Å². The van der Waals surface area contributed by atoms with Gasteiger partial charge in [-0.25, -0.2) is 4.98 Å². The molecule has 1 aromatic heterocycles. The van der Waals surface area contributed by atoms with Crippen LogP contribution in [0.4, 0.5) is 5.82 Å². The van der Waals surface area contributed by atoms with Gasteiger partial charge in [0.05, 0.1) is 6.54 Å². The maximum absolute atomic E-state index is 4.13. The number of hydrogen-bond acceptors (Lipinski definition) is 2. The summed E-state index contributed by atoms with van der Waals surface area (Å²) in [6.07, 6.45) is 5.77. The van der Waals surface area contributed by atoms with Gasteiger partial charge in [0.1, 0.15) is 5.82 Å². The highest BCUT2D eigenvalue weighted by Gasteiger charge is 2.01. The van der Waals surface area contributed by atoms with Gasteiger partial charge in [0.25, 0.3) is 0 Å². The third kappa shape index (κ3) is 0.778. The molecule has 0 aliphatic carbocycles. The average molecular weight is 131 g/mol. The van der Waals surface area contributed by atoms with Crippen LogP contribution in [0.25, 0.3) is 6.08 Å². The molecule has 1 radical (unpaired) electrons. The highest BCUT2D eigenvalue weighted by molar-refractivity contribution is 5.67. The Labute approximate surface area is 59.6 Å². The Morgan fingerprint density at radius 1 is 1.40 bits per heavy atom. The van der Waals surface area contributed by atoms with Crippen molar-refractivity contribution in [3.63, 3.8) is 0 Å². The first-order chi connectivity index (χ1) is 4.97. The first kappa shape index (κ1) is 5.47. The van der Waals surface area contributed by atoms with Gasteiger partial charge in [-0.15, -0.1) is 0 Å². The van der Waals surface area contributed by atoms with Crippen molar-refractivity contribution in [1.82, 2.24) is 4.98 Å². The van der Waals surface area contributed by atoms with Gasteiger partial charge < -0.3 is 5.32 Å². The zero-order chi connectivity index (χ0) is 6.81. The molecule has 0 saturated carbocycles. The minimum absolute atomic E-state index is 0.935. The number of rotatable bonds is 0. The monoisotopic (exact) mass is 131 g/mol. The second-order valence-electron chi connectivity index (χ2n) is 2.11. The van der Waals surface area contributed by atoms with Crippen molar-refractivity contribution in [2.75, 3.05) is 5.32 Å². The van der Waals surface area contributed by atoms with Gasteiger partial charge in [-0.2, -0.15) is 0 Å². The average Bonchev–Trinajstić information content (AvgIpc) is 2.05. The summed E-state index contributed by atoms with van der Waals surface area (Å²) in [5.74, 6) is 0.935. The summed E-state index contributed by atoms with van der Waals surface area (Å²) in [6, 6.07) is 3.95. The minimum atomic E-state index is 0.935. The Bertz CT molecular complexity index is 266. The van der Waals surface area contributed by atoms with E-state index < -0.39 is 0 Å². The van der Waals surface area contributed by atoms with Crippen LogP contribution in [0, 0.1) is 6.54 Å². The van der Waals surface area contributed by atoms with Crippen LogP contribution in [0.1, 0.15) is 5.56 Å². The predicted octanol–water partition coefficient (Wildman–Crippen LogP) is 1.68. The fourth-order valence-electron chi connectivity index (χ4n) is 0.952. The molecule has 0 spiro atoms. The molecular formula is C8H7N2. The Morgan fingerprint density at radius 2 is 2.40 bits per heavy atom. The molecule has 2 nitrogen and oxygen atoms in total. The molecule has 2 rings (SSSR count). The summed E-state index contributed by atoms with van der Waals surface area (Å²) >= 11 is 0. The van der Waals surface area contributed by atoms with E-state index in [1.54, 1.807) is 6.20 Å². The SMILES string of the molecule is [CH]1C=Cc2cccnc2N1. The van der Waals surface area contributed by atoms with Crippen LogP contribution >= 0.6 is 0 Å². The predicted molar refractivity (Wildman–Crippen MR) is 41.2 cm³/mol. The van der Waals surface area contributed by atoms with Crippen molar-refractivity contribution >= 4 is 11.9 Å². The summed E-state index contributed by atoms with van der Waals surface area (Å²) in [4.78, 5) is 4.13. The highest BCUT2D eigenvalue weighted by atomic mass is 15.0. The number of anilines is 1.